The molecule has 0 aromatic carbocycles. The first-order chi connectivity index (χ1) is 10.6. The second-order valence-electron chi connectivity index (χ2n) is 6.27. The molecule has 0 spiro atoms. The van der Waals surface area contributed by atoms with E-state index in [0.717, 1.165) is 25.7 Å². The molecule has 5 heteroatoms. The summed E-state index contributed by atoms with van der Waals surface area (Å²) >= 11 is 0. The molecule has 3 nitrogen and oxygen atoms in total. The Hall–Kier alpha value is 0.396. The van der Waals surface area contributed by atoms with Crippen molar-refractivity contribution in [3.05, 3.63) is 12.2 Å². The van der Waals surface area contributed by atoms with Gasteiger partial charge in [-0.2, -0.15) is 0 Å². The van der Waals surface area contributed by atoms with Crippen molar-refractivity contribution < 1.29 is 31.1 Å². The number of unbranched alkanes of at least 4 members (excludes halogenated alkanes) is 12. The summed E-state index contributed by atoms with van der Waals surface area (Å²) in [7, 11) is -4.26. The van der Waals surface area contributed by atoms with Crippen LogP contribution in [0.5, 0.6) is 0 Å². The van der Waals surface area contributed by atoms with Gasteiger partial charge in [-0.1, -0.05) is 84.5 Å². The van der Waals surface area contributed by atoms with Crippen LogP contribution in [0.25, 0.3) is 0 Å². The number of allylic oxidation sites excluding steroid dienone is 2. The van der Waals surface area contributed by atoms with Crippen molar-refractivity contribution in [2.45, 2.75) is 96.8 Å². The van der Waals surface area contributed by atoms with Crippen LogP contribution in [0.4, 0.5) is 0 Å². The fourth-order valence-electron chi connectivity index (χ4n) is 2.55. The summed E-state index contributed by atoms with van der Waals surface area (Å²) in [6.45, 7) is 2.25. The predicted molar refractivity (Wildman–Crippen MR) is 91.9 cm³/mol. The summed E-state index contributed by atoms with van der Waals surface area (Å²) < 4.78 is 10.4. The van der Waals surface area contributed by atoms with E-state index in [-0.39, 0.29) is 22.9 Å². The zero-order valence-electron chi connectivity index (χ0n) is 14.8. The van der Waals surface area contributed by atoms with Gasteiger partial charge in [-0.25, -0.2) is 0 Å². The van der Waals surface area contributed by atoms with Gasteiger partial charge >= 0.3 is 16.8 Å². The van der Waals surface area contributed by atoms with E-state index in [4.69, 9.17) is 0 Å². The molecule has 139 valence electrons. The Morgan fingerprint density at radius 2 is 1.09 bits per heavy atom. The normalized spacial score (nSPS) is 11.8. The third-order valence-electron chi connectivity index (χ3n) is 3.94. The van der Waals surface area contributed by atoms with Gasteiger partial charge in [0, 0.05) is 0 Å². The second-order valence-corrected chi connectivity index (χ2v) is 7.94. The average molecular weight is 389 g/mol. The van der Waals surface area contributed by atoms with Gasteiger partial charge in [0.25, 0.3) is 0 Å². The van der Waals surface area contributed by atoms with E-state index in [1.165, 1.54) is 57.8 Å². The van der Waals surface area contributed by atoms with E-state index >= 15 is 0 Å². The van der Waals surface area contributed by atoms with Crippen LogP contribution in [0.15, 0.2) is 12.2 Å². The number of hydrogen-bond acceptors (Lipinski definition) is 3. The zero-order valence-corrected chi connectivity index (χ0v) is 16.7. The number of hydrogen-bond donors (Lipinski definition) is 0. The number of rotatable bonds is 16. The summed E-state index contributed by atoms with van der Waals surface area (Å²) in [5.41, 5.74) is 0. The third kappa shape index (κ3) is 24.8. The molecule has 0 amide bonds. The minimum atomic E-state index is -4.26. The van der Waals surface area contributed by atoms with Gasteiger partial charge in [0.05, 0.1) is 0 Å². The van der Waals surface area contributed by atoms with E-state index in [1.54, 1.807) is 0 Å². The van der Waals surface area contributed by atoms with Crippen LogP contribution in [-0.4, -0.2) is 6.16 Å². The molecule has 0 rings (SSSR count). The summed E-state index contributed by atoms with van der Waals surface area (Å²) in [6, 6.07) is 0. The Labute approximate surface area is 154 Å². The summed E-state index contributed by atoms with van der Waals surface area (Å²) in [4.78, 5) is 20.9. The van der Waals surface area contributed by atoms with Crippen LogP contribution in [0, 0.1) is 0 Å². The largest absolute Gasteiger partial charge is 2.00 e. The molecule has 0 aliphatic rings. The van der Waals surface area contributed by atoms with E-state index in [0.29, 0.717) is 6.42 Å². The van der Waals surface area contributed by atoms with Crippen LogP contribution < -0.4 is 9.79 Å². The van der Waals surface area contributed by atoms with Crippen LogP contribution >= 0.6 is 7.60 Å². The minimum Gasteiger partial charge on any atom is -0.811 e. The van der Waals surface area contributed by atoms with Gasteiger partial charge in [0.15, 0.2) is 0 Å². The van der Waals surface area contributed by atoms with Gasteiger partial charge in [0.1, 0.15) is 0 Å². The van der Waals surface area contributed by atoms with Crippen molar-refractivity contribution in [3.63, 3.8) is 0 Å². The van der Waals surface area contributed by atoms with Crippen LogP contribution in [0.2, 0.25) is 0 Å². The summed E-state index contributed by atoms with van der Waals surface area (Å²) in [6.07, 6.45) is 21.0. The van der Waals surface area contributed by atoms with E-state index in [9.17, 15) is 14.4 Å². The first-order valence-corrected chi connectivity index (χ1v) is 10.9. The maximum absolute atomic E-state index is 10.4. The van der Waals surface area contributed by atoms with Crippen molar-refractivity contribution in [1.29, 1.82) is 0 Å². The Morgan fingerprint density at radius 1 is 0.696 bits per heavy atom. The topological polar surface area (TPSA) is 63.2 Å². The predicted octanol–water partition coefficient (Wildman–Crippen LogP) is 4.94. The van der Waals surface area contributed by atoms with Gasteiger partial charge in [-0.05, 0) is 38.3 Å². The minimum absolute atomic E-state index is 0. The molecule has 0 aromatic rings. The molecule has 23 heavy (non-hydrogen) atoms. The smallest absolute Gasteiger partial charge is 0.811 e. The molecule has 0 saturated carbocycles. The molecule has 0 aliphatic heterocycles. The second kappa shape index (κ2) is 18.7. The fourth-order valence-corrected chi connectivity index (χ4v) is 3.16. The maximum Gasteiger partial charge on any atom is 2.00 e. The van der Waals surface area contributed by atoms with E-state index in [2.05, 4.69) is 19.1 Å². The molecule has 0 saturated heterocycles. The van der Waals surface area contributed by atoms with Gasteiger partial charge in [-0.15, -0.1) is 0 Å². The Morgan fingerprint density at radius 3 is 1.52 bits per heavy atom. The van der Waals surface area contributed by atoms with Crippen molar-refractivity contribution in [2.24, 2.45) is 0 Å². The van der Waals surface area contributed by atoms with Crippen molar-refractivity contribution in [3.8, 4) is 0 Å². The Bertz CT molecular complexity index is 303. The molecule has 0 aromatic heterocycles. The van der Waals surface area contributed by atoms with Crippen LogP contribution in [-0.2, 0) is 21.3 Å². The molecule has 0 fully saturated rings. The van der Waals surface area contributed by atoms with Crippen LogP contribution in [0.1, 0.15) is 96.8 Å². The molecular formula is C18H35CoO3P. The monoisotopic (exact) mass is 389 g/mol. The molecule has 1 radical (unpaired) electrons. The first-order valence-electron chi connectivity index (χ1n) is 9.22. The van der Waals surface area contributed by atoms with Crippen molar-refractivity contribution in [2.75, 3.05) is 6.16 Å². The van der Waals surface area contributed by atoms with Gasteiger partial charge < -0.3 is 14.4 Å². The molecule has 0 heterocycles. The maximum atomic E-state index is 10.4. The molecule has 0 atom stereocenters. The van der Waals surface area contributed by atoms with Crippen molar-refractivity contribution in [1.82, 2.24) is 0 Å². The van der Waals surface area contributed by atoms with E-state index < -0.39 is 7.60 Å². The quantitative estimate of drug-likeness (QED) is 0.213. The third-order valence-corrected chi connectivity index (χ3v) is 4.81. The SMILES string of the molecule is CCCCCCCC/C=C\CCCCCCCCP(=O)([O-])[O-].[Co+2]. The molecule has 0 aliphatic carbocycles. The zero-order chi connectivity index (χ0) is 16.5. The van der Waals surface area contributed by atoms with Gasteiger partial charge in [0.2, 0.25) is 0 Å². The Balaban J connectivity index is 0. The molecule has 0 N–H and O–H groups in total. The Kier molecular flexibility index (Phi) is 20.9. The van der Waals surface area contributed by atoms with E-state index in [1.807, 2.05) is 0 Å². The van der Waals surface area contributed by atoms with Crippen molar-refractivity contribution >= 4 is 7.60 Å². The summed E-state index contributed by atoms with van der Waals surface area (Å²) in [5.74, 6) is 0. The molecular weight excluding hydrogens is 354 g/mol. The fraction of sp³-hybridized carbons (Fsp3) is 0.889. The summed E-state index contributed by atoms with van der Waals surface area (Å²) in [5, 5.41) is 0. The van der Waals surface area contributed by atoms with Crippen LogP contribution in [0.3, 0.4) is 0 Å². The average Bonchev–Trinajstić information content (AvgIpc) is 2.45. The molecule has 0 bridgehead atoms. The standard InChI is InChI=1S/C18H37O3P.Co/c1-2-3-4-5-6-7-8-9-10-11-12-13-14-15-16-17-18-22(19,20)21;/h9-10H,2-8,11-18H2,1H3,(H2,19,20,21);/q;+2/p-2/b10-9-;. The molecule has 0 unspecified atom stereocenters. The first kappa shape index (κ1) is 25.6. The van der Waals surface area contributed by atoms with Gasteiger partial charge in [-0.3, -0.25) is 0 Å².